The van der Waals surface area contributed by atoms with Gasteiger partial charge in [0.15, 0.2) is 16.4 Å². The smallest absolute Gasteiger partial charge is 0.274 e. The van der Waals surface area contributed by atoms with E-state index in [9.17, 15) is 9.18 Å². The normalized spacial score (nSPS) is 24.8. The molecular weight excluding hydrogens is 436 g/mol. The summed E-state index contributed by atoms with van der Waals surface area (Å²) in [5.74, 6) is -1.22. The molecule has 0 unspecified atom stereocenters. The molecule has 2 atom stereocenters. The lowest BCUT2D eigenvalue weighted by molar-refractivity contribution is 0.102. The van der Waals surface area contributed by atoms with Crippen LogP contribution in [0.15, 0.2) is 41.5 Å². The summed E-state index contributed by atoms with van der Waals surface area (Å²) in [6.45, 7) is 6.54. The number of benzene rings is 1. The van der Waals surface area contributed by atoms with Crippen molar-refractivity contribution < 1.29 is 18.3 Å². The van der Waals surface area contributed by atoms with Gasteiger partial charge in [0, 0.05) is 23.2 Å². The first-order valence-electron chi connectivity index (χ1n) is 8.57. The van der Waals surface area contributed by atoms with Gasteiger partial charge in [0.2, 0.25) is 5.69 Å². The van der Waals surface area contributed by atoms with E-state index in [1.165, 1.54) is 30.5 Å². The van der Waals surface area contributed by atoms with Crippen LogP contribution in [0.4, 0.5) is 20.2 Å². The number of nitrogens with zero attached hydrogens (tertiary/aromatic N) is 3. The average Bonchev–Trinajstić information content (AvgIpc) is 3.06. The fraction of sp³-hybridized carbons (Fsp3) is 0.263. The fourth-order valence-electron chi connectivity index (χ4n) is 3.39. The Morgan fingerprint density at radius 1 is 1.33 bits per heavy atom. The van der Waals surface area contributed by atoms with E-state index in [-0.39, 0.29) is 53.5 Å². The van der Waals surface area contributed by atoms with Crippen molar-refractivity contribution in [1.29, 1.82) is 0 Å². The summed E-state index contributed by atoms with van der Waals surface area (Å²) < 4.78 is 35.7. The van der Waals surface area contributed by atoms with Gasteiger partial charge in [0.05, 0.1) is 19.8 Å². The predicted octanol–water partition coefficient (Wildman–Crippen LogP) is 3.44. The number of pyridine rings is 1. The Morgan fingerprint density at radius 2 is 2.13 bits per heavy atom. The minimum atomic E-state index is -1.92. The lowest BCUT2D eigenvalue weighted by Gasteiger charge is -2.38. The van der Waals surface area contributed by atoms with Crippen LogP contribution in [0.5, 0.6) is 0 Å². The molecule has 4 rings (SSSR count). The number of carbonyl (C=O) groups excluding carboxylic acids is 1. The minimum absolute atomic E-state index is 0. The van der Waals surface area contributed by atoms with Crippen LogP contribution in [0.25, 0.3) is 4.85 Å². The zero-order chi connectivity index (χ0) is 20.6. The number of amidine groups is 1. The van der Waals surface area contributed by atoms with Crippen LogP contribution in [-0.2, 0) is 10.3 Å². The van der Waals surface area contributed by atoms with E-state index in [0.717, 1.165) is 17.8 Å². The van der Waals surface area contributed by atoms with Gasteiger partial charge in [-0.3, -0.25) is 9.78 Å². The number of aromatic nitrogens is 1. The topological polar surface area (TPSA) is 94.0 Å². The number of rotatable bonds is 3. The largest absolute Gasteiger partial charge is 0.379 e. The van der Waals surface area contributed by atoms with E-state index in [1.807, 2.05) is 0 Å². The third-order valence-corrected chi connectivity index (χ3v) is 5.90. The molecule has 30 heavy (non-hydrogen) atoms. The van der Waals surface area contributed by atoms with Gasteiger partial charge in [-0.2, -0.15) is 0 Å². The molecule has 3 heterocycles. The Balaban J connectivity index is 0.00000256. The molecule has 2 aromatic rings. The number of nitrogens with one attached hydrogen (secondary N) is 1. The molecule has 156 valence electrons. The third kappa shape index (κ3) is 3.60. The number of nitrogens with two attached hydrogens (primary N) is 1. The van der Waals surface area contributed by atoms with Gasteiger partial charge in [-0.15, -0.1) is 12.4 Å². The molecule has 11 heteroatoms. The lowest BCUT2D eigenvalue weighted by Crippen LogP contribution is -2.52. The molecule has 1 aromatic carbocycles. The van der Waals surface area contributed by atoms with Crippen molar-refractivity contribution in [3.05, 3.63) is 65.0 Å². The van der Waals surface area contributed by atoms with E-state index in [0.29, 0.717) is 5.69 Å². The highest BCUT2D eigenvalue weighted by atomic mass is 35.5. The quantitative estimate of drug-likeness (QED) is 0.697. The first kappa shape index (κ1) is 22.0. The monoisotopic (exact) mass is 451 g/mol. The molecule has 1 saturated heterocycles. The predicted molar refractivity (Wildman–Crippen MR) is 113 cm³/mol. The van der Waals surface area contributed by atoms with Crippen LogP contribution in [0.2, 0.25) is 0 Å². The number of carbonyl (C=O) groups is 1. The van der Waals surface area contributed by atoms with Gasteiger partial charge >= 0.3 is 0 Å². The molecule has 0 aliphatic carbocycles. The Hall–Kier alpha value is -2.74. The van der Waals surface area contributed by atoms with Gasteiger partial charge in [-0.25, -0.2) is 18.6 Å². The zero-order valence-corrected chi connectivity index (χ0v) is 17.0. The van der Waals surface area contributed by atoms with Gasteiger partial charge in [-0.1, -0.05) is 17.8 Å². The van der Waals surface area contributed by atoms with E-state index in [4.69, 9.17) is 17.0 Å². The lowest BCUT2D eigenvalue weighted by atomic mass is 9.79. The molecule has 0 saturated carbocycles. The maximum Gasteiger partial charge on any atom is 0.274 e. The number of halogens is 3. The van der Waals surface area contributed by atoms with Crippen LogP contribution in [-0.4, -0.2) is 40.7 Å². The van der Waals surface area contributed by atoms with Gasteiger partial charge in [0.1, 0.15) is 11.5 Å². The van der Waals surface area contributed by atoms with E-state index in [2.05, 4.69) is 20.1 Å². The number of aliphatic imine (C=N–C) groups is 1. The molecule has 0 spiro atoms. The van der Waals surface area contributed by atoms with Crippen LogP contribution in [0.1, 0.15) is 16.1 Å². The molecule has 7 nitrogen and oxygen atoms in total. The standard InChI is InChI=1S/C19H15F2N5O2S.ClH/c1-23-12-3-5-15(24-7-12)16(27)25-11-2-4-14(20)13(6-11)19-9-28-8-18(19,21)10-29-17(22)26-19;/h2-7H,8-10H2,(H2,22,26)(H,25,27);1H/t18-,19-;/m1./s1. The number of ether oxygens (including phenoxy) is 1. The van der Waals surface area contributed by atoms with Gasteiger partial charge < -0.3 is 15.8 Å². The highest BCUT2D eigenvalue weighted by molar-refractivity contribution is 8.13. The van der Waals surface area contributed by atoms with Crippen molar-refractivity contribution in [2.75, 3.05) is 24.3 Å². The van der Waals surface area contributed by atoms with Crippen molar-refractivity contribution in [1.82, 2.24) is 4.98 Å². The molecule has 1 aromatic heterocycles. The highest BCUT2D eigenvalue weighted by Gasteiger charge is 2.61. The second-order valence-corrected chi connectivity index (χ2v) is 7.71. The maximum atomic E-state index is 15.6. The van der Waals surface area contributed by atoms with Gasteiger partial charge in [-0.05, 0) is 24.3 Å². The minimum Gasteiger partial charge on any atom is -0.379 e. The Morgan fingerprint density at radius 3 is 2.83 bits per heavy atom. The summed E-state index contributed by atoms with van der Waals surface area (Å²) in [7, 11) is 0. The molecule has 2 aliphatic heterocycles. The molecule has 1 fully saturated rings. The summed E-state index contributed by atoms with van der Waals surface area (Å²) in [5, 5.41) is 2.76. The number of fused-ring (bicyclic) bond motifs is 1. The Labute approximate surface area is 181 Å². The number of hydrogen-bond donors (Lipinski definition) is 2. The summed E-state index contributed by atoms with van der Waals surface area (Å²) in [4.78, 5) is 23.8. The number of alkyl halides is 1. The molecule has 1 amide bonds. The molecule has 2 aliphatic rings. The van der Waals surface area contributed by atoms with E-state index in [1.54, 1.807) is 0 Å². The molecule has 0 radical (unpaired) electrons. The maximum absolute atomic E-state index is 15.6. The summed E-state index contributed by atoms with van der Waals surface area (Å²) in [6, 6.07) is 6.72. The summed E-state index contributed by atoms with van der Waals surface area (Å²) in [6.07, 6.45) is 1.28. The van der Waals surface area contributed by atoms with Crippen molar-refractivity contribution in [3.8, 4) is 0 Å². The zero-order valence-electron chi connectivity index (χ0n) is 15.4. The summed E-state index contributed by atoms with van der Waals surface area (Å²) >= 11 is 1.06. The Bertz CT molecular complexity index is 1060. The van der Waals surface area contributed by atoms with Crippen molar-refractivity contribution in [2.24, 2.45) is 10.7 Å². The second kappa shape index (κ2) is 8.18. The van der Waals surface area contributed by atoms with E-state index < -0.39 is 22.9 Å². The molecule has 0 bridgehead atoms. The van der Waals surface area contributed by atoms with Crippen molar-refractivity contribution >= 4 is 46.6 Å². The molecular formula is C19H16ClF2N5O2S. The highest BCUT2D eigenvalue weighted by Crippen LogP contribution is 2.50. The first-order chi connectivity index (χ1) is 13.9. The number of amides is 1. The van der Waals surface area contributed by atoms with Crippen LogP contribution in [0, 0.1) is 12.4 Å². The molecule has 3 N–H and O–H groups in total. The SMILES string of the molecule is Cl.[C-]#[N+]c1ccc(C(=O)Nc2ccc(F)c([C@]34COC[C@@]3(F)CSC(N)=N4)c2)nc1. The summed E-state index contributed by atoms with van der Waals surface area (Å²) in [5.41, 5.74) is 2.89. The van der Waals surface area contributed by atoms with E-state index >= 15 is 4.39 Å². The second-order valence-electron chi connectivity index (χ2n) is 6.72. The van der Waals surface area contributed by atoms with Gasteiger partial charge in [0.25, 0.3) is 5.91 Å². The number of thioether (sulfide) groups is 1. The average molecular weight is 452 g/mol. The third-order valence-electron chi connectivity index (χ3n) is 4.91. The first-order valence-corrected chi connectivity index (χ1v) is 9.55. The number of anilines is 1. The Kier molecular flexibility index (Phi) is 5.99. The van der Waals surface area contributed by atoms with Crippen LogP contribution >= 0.6 is 24.2 Å². The van der Waals surface area contributed by atoms with Crippen LogP contribution < -0.4 is 11.1 Å². The number of hydrogen-bond acceptors (Lipinski definition) is 6. The fourth-order valence-corrected chi connectivity index (χ4v) is 4.31. The van der Waals surface area contributed by atoms with Crippen molar-refractivity contribution in [3.63, 3.8) is 0 Å². The van der Waals surface area contributed by atoms with Crippen molar-refractivity contribution in [2.45, 2.75) is 11.2 Å². The van der Waals surface area contributed by atoms with Crippen LogP contribution in [0.3, 0.4) is 0 Å².